The molecule has 0 amide bonds. The highest BCUT2D eigenvalue weighted by Crippen LogP contribution is 2.51. The molecule has 0 radical (unpaired) electrons. The van der Waals surface area contributed by atoms with Crippen LogP contribution in [-0.2, 0) is 23.7 Å². The van der Waals surface area contributed by atoms with E-state index in [1.165, 1.54) is 21.1 Å². The minimum atomic E-state index is -1.68. The summed E-state index contributed by atoms with van der Waals surface area (Å²) < 4.78 is 45.9. The van der Waals surface area contributed by atoms with Crippen LogP contribution in [0.15, 0.2) is 36.4 Å². The molecule has 4 aliphatic heterocycles. The quantitative estimate of drug-likeness (QED) is 0.180. The standard InChI is InChI=1S/C32H42O15/c1-13-23(34)25(36)27(38)31(45-13)44-12-22-24(35)26(37)28(39)32(47-22)46-19-7-5-15(9-21(19)41-3)30-17-11-42-29(16(17)10-43-30)14-4-6-18(33)20(8-14)40-2/h4-9,13,16-17,22-39H,10-12H2,1-3H3/t13-,16-,17-,22+,23-,24+,25+,26-,27+,28+,29-,30-,31+,32+/m0/s1. The zero-order valence-corrected chi connectivity index (χ0v) is 26.1. The van der Waals surface area contributed by atoms with Crippen molar-refractivity contribution in [2.24, 2.45) is 11.8 Å². The topological polar surface area (TPSA) is 215 Å². The molecule has 0 spiro atoms. The molecule has 2 aromatic rings. The first-order chi connectivity index (χ1) is 22.5. The number of aliphatic hydroxyl groups excluding tert-OH is 6. The van der Waals surface area contributed by atoms with Gasteiger partial charge in [0.25, 0.3) is 0 Å². The fraction of sp³-hybridized carbons (Fsp3) is 0.625. The van der Waals surface area contributed by atoms with Crippen molar-refractivity contribution in [2.45, 2.75) is 80.5 Å². The Labute approximate surface area is 270 Å². The smallest absolute Gasteiger partial charge is 0.229 e. The zero-order valence-electron chi connectivity index (χ0n) is 26.1. The lowest BCUT2D eigenvalue weighted by Crippen LogP contribution is -2.61. The van der Waals surface area contributed by atoms with Crippen LogP contribution < -0.4 is 14.2 Å². The van der Waals surface area contributed by atoms with Gasteiger partial charge in [0.15, 0.2) is 29.3 Å². The fourth-order valence-corrected chi connectivity index (χ4v) is 6.68. The van der Waals surface area contributed by atoms with Crippen LogP contribution in [0.3, 0.4) is 0 Å². The van der Waals surface area contributed by atoms with Gasteiger partial charge in [0, 0.05) is 11.8 Å². The Morgan fingerprint density at radius 3 is 1.87 bits per heavy atom. The van der Waals surface area contributed by atoms with E-state index in [-0.39, 0.29) is 35.5 Å². The molecule has 0 saturated carbocycles. The van der Waals surface area contributed by atoms with Gasteiger partial charge in [-0.15, -0.1) is 0 Å². The number of benzene rings is 2. The molecule has 260 valence electrons. The maximum atomic E-state index is 10.7. The number of hydrogen-bond donors (Lipinski definition) is 7. The van der Waals surface area contributed by atoms with Crippen molar-refractivity contribution in [3.8, 4) is 23.0 Å². The molecule has 15 heteroatoms. The molecule has 0 aliphatic carbocycles. The first-order valence-electron chi connectivity index (χ1n) is 15.5. The van der Waals surface area contributed by atoms with E-state index in [1.807, 2.05) is 6.07 Å². The van der Waals surface area contributed by atoms with E-state index in [0.717, 1.165) is 11.1 Å². The number of hydrogen-bond acceptors (Lipinski definition) is 15. The molecule has 4 fully saturated rings. The SMILES string of the molecule is COc1cc([C@@H]2OC[C@H]3[C@@H]2CO[C@H]3c2ccc(O[C@@H]3O[C@H](CO[C@@H]4O[C@@H](C)[C@H](O)[C@@H](O)[C@H]4O)[C@@H](O)[C@H](O)[C@H]3O)c(OC)c2)ccc1O. The Balaban J connectivity index is 1.12. The van der Waals surface area contributed by atoms with E-state index in [4.69, 9.17) is 37.9 Å². The molecule has 0 unspecified atom stereocenters. The van der Waals surface area contributed by atoms with E-state index in [9.17, 15) is 35.7 Å². The molecule has 4 heterocycles. The molecular formula is C32H42O15. The van der Waals surface area contributed by atoms with Crippen LogP contribution in [0, 0.1) is 11.8 Å². The van der Waals surface area contributed by atoms with Crippen LogP contribution in [0.2, 0.25) is 0 Å². The number of phenolic OH excluding ortho intramolecular Hbond substituents is 1. The summed E-state index contributed by atoms with van der Waals surface area (Å²) in [6.45, 7) is 1.99. The van der Waals surface area contributed by atoms with E-state index in [1.54, 1.807) is 30.3 Å². The summed E-state index contributed by atoms with van der Waals surface area (Å²) in [5.74, 6) is 1.00. The van der Waals surface area contributed by atoms with Crippen molar-refractivity contribution in [3.63, 3.8) is 0 Å². The first-order valence-corrected chi connectivity index (χ1v) is 15.5. The normalized spacial score (nSPS) is 40.2. The fourth-order valence-electron chi connectivity index (χ4n) is 6.68. The Hall–Kier alpha value is -2.80. The van der Waals surface area contributed by atoms with E-state index >= 15 is 0 Å². The van der Waals surface area contributed by atoms with Gasteiger partial charge in [-0.05, 0) is 42.3 Å². The van der Waals surface area contributed by atoms with Crippen LogP contribution in [0.5, 0.6) is 23.0 Å². The Bertz CT molecular complexity index is 1380. The average molecular weight is 667 g/mol. The van der Waals surface area contributed by atoms with E-state index in [0.29, 0.717) is 24.7 Å². The zero-order chi connectivity index (χ0) is 33.6. The van der Waals surface area contributed by atoms with Gasteiger partial charge >= 0.3 is 0 Å². The number of fused-ring (bicyclic) bond motifs is 1. The van der Waals surface area contributed by atoms with E-state index < -0.39 is 68.0 Å². The van der Waals surface area contributed by atoms with Crippen LogP contribution in [0.4, 0.5) is 0 Å². The highest BCUT2D eigenvalue weighted by molar-refractivity contribution is 5.45. The summed E-state index contributed by atoms with van der Waals surface area (Å²) >= 11 is 0. The second-order valence-corrected chi connectivity index (χ2v) is 12.3. The third kappa shape index (κ3) is 6.50. The lowest BCUT2D eigenvalue weighted by atomic mass is 9.85. The Morgan fingerprint density at radius 2 is 1.23 bits per heavy atom. The van der Waals surface area contributed by atoms with Gasteiger partial charge < -0.3 is 73.6 Å². The van der Waals surface area contributed by atoms with Crippen molar-refractivity contribution in [1.82, 2.24) is 0 Å². The Morgan fingerprint density at radius 1 is 0.660 bits per heavy atom. The molecule has 4 saturated heterocycles. The van der Waals surface area contributed by atoms with Crippen molar-refractivity contribution >= 4 is 0 Å². The van der Waals surface area contributed by atoms with Crippen LogP contribution in [0.25, 0.3) is 0 Å². The number of phenols is 1. The number of aliphatic hydroxyl groups is 6. The summed E-state index contributed by atoms with van der Waals surface area (Å²) in [7, 11) is 2.94. The molecule has 14 atom stereocenters. The number of ether oxygens (including phenoxy) is 8. The highest BCUT2D eigenvalue weighted by Gasteiger charge is 2.49. The molecule has 0 bridgehead atoms. The van der Waals surface area contributed by atoms with Crippen molar-refractivity contribution in [2.75, 3.05) is 34.0 Å². The number of methoxy groups -OCH3 is 2. The summed E-state index contributed by atoms with van der Waals surface area (Å²) in [4.78, 5) is 0. The maximum Gasteiger partial charge on any atom is 0.229 e. The lowest BCUT2D eigenvalue weighted by molar-refractivity contribution is -0.318. The second kappa shape index (κ2) is 14.0. The molecule has 2 aromatic carbocycles. The van der Waals surface area contributed by atoms with Gasteiger partial charge in [-0.2, -0.15) is 0 Å². The lowest BCUT2D eigenvalue weighted by Gasteiger charge is -2.42. The predicted molar refractivity (Wildman–Crippen MR) is 158 cm³/mol. The summed E-state index contributed by atoms with van der Waals surface area (Å²) in [5.41, 5.74) is 1.70. The van der Waals surface area contributed by atoms with Crippen LogP contribution in [0.1, 0.15) is 30.3 Å². The molecule has 4 aliphatic rings. The van der Waals surface area contributed by atoms with Gasteiger partial charge in [-0.3, -0.25) is 0 Å². The Kier molecular flexibility index (Phi) is 10.1. The maximum absolute atomic E-state index is 10.7. The van der Waals surface area contributed by atoms with Crippen molar-refractivity contribution in [3.05, 3.63) is 47.5 Å². The minimum absolute atomic E-state index is 0.0381. The monoisotopic (exact) mass is 666 g/mol. The number of aromatic hydroxyl groups is 1. The molecule has 0 aromatic heterocycles. The predicted octanol–water partition coefficient (Wildman–Crippen LogP) is -0.485. The van der Waals surface area contributed by atoms with Gasteiger partial charge in [-0.25, -0.2) is 0 Å². The third-order valence-electron chi connectivity index (χ3n) is 9.46. The number of rotatable bonds is 9. The molecule has 7 N–H and O–H groups in total. The van der Waals surface area contributed by atoms with Gasteiger partial charge in [0.05, 0.1) is 52.4 Å². The highest BCUT2D eigenvalue weighted by atomic mass is 16.7. The molecule has 6 rings (SSSR count). The minimum Gasteiger partial charge on any atom is -0.504 e. The average Bonchev–Trinajstić information content (AvgIpc) is 3.69. The van der Waals surface area contributed by atoms with Crippen molar-refractivity contribution in [1.29, 1.82) is 0 Å². The molecule has 15 nitrogen and oxygen atoms in total. The van der Waals surface area contributed by atoms with Gasteiger partial charge in [-0.1, -0.05) is 12.1 Å². The second-order valence-electron chi connectivity index (χ2n) is 12.3. The van der Waals surface area contributed by atoms with Crippen LogP contribution in [-0.4, -0.2) is 131 Å². The van der Waals surface area contributed by atoms with Gasteiger partial charge in [0.1, 0.15) is 42.7 Å². The largest absolute Gasteiger partial charge is 0.504 e. The third-order valence-corrected chi connectivity index (χ3v) is 9.46. The molecule has 47 heavy (non-hydrogen) atoms. The molecular weight excluding hydrogens is 624 g/mol. The summed E-state index contributed by atoms with van der Waals surface area (Å²) in [5, 5.41) is 72.0. The first kappa shape index (κ1) is 34.1. The van der Waals surface area contributed by atoms with Crippen LogP contribution >= 0.6 is 0 Å². The van der Waals surface area contributed by atoms with Gasteiger partial charge in [0.2, 0.25) is 6.29 Å². The summed E-state index contributed by atoms with van der Waals surface area (Å²) in [6, 6.07) is 10.3. The van der Waals surface area contributed by atoms with E-state index in [2.05, 4.69) is 0 Å². The van der Waals surface area contributed by atoms with Crippen molar-refractivity contribution < 1.29 is 73.6 Å². The summed E-state index contributed by atoms with van der Waals surface area (Å²) in [6.07, 6.45) is -14.8.